The minimum absolute atomic E-state index is 0.148. The van der Waals surface area contributed by atoms with Crippen LogP contribution in [-0.4, -0.2) is 97.2 Å². The molecule has 0 spiro atoms. The van der Waals surface area contributed by atoms with Crippen molar-refractivity contribution in [2.24, 2.45) is 5.92 Å². The van der Waals surface area contributed by atoms with Crippen LogP contribution in [0.5, 0.6) is 0 Å². The van der Waals surface area contributed by atoms with Crippen molar-refractivity contribution in [2.75, 3.05) is 39.3 Å². The molecule has 182 valence electrons. The normalized spacial score (nSPS) is 31.7. The molecule has 4 heterocycles. The van der Waals surface area contributed by atoms with Gasteiger partial charge in [0.15, 0.2) is 0 Å². The van der Waals surface area contributed by atoms with Crippen LogP contribution in [0.3, 0.4) is 0 Å². The molecule has 0 saturated carbocycles. The van der Waals surface area contributed by atoms with Crippen LogP contribution >= 0.6 is 0 Å². The first-order valence-electron chi connectivity index (χ1n) is 11.4. The highest BCUT2D eigenvalue weighted by atomic mass is 32.3. The summed E-state index contributed by atoms with van der Waals surface area (Å²) in [6.45, 7) is 4.88. The second kappa shape index (κ2) is 10.2. The molecule has 4 rings (SSSR count). The van der Waals surface area contributed by atoms with Crippen LogP contribution in [0.25, 0.3) is 0 Å². The van der Waals surface area contributed by atoms with Crippen LogP contribution in [-0.2, 0) is 24.3 Å². The van der Waals surface area contributed by atoms with Crippen molar-refractivity contribution >= 4 is 22.3 Å². The smallest absolute Gasteiger partial charge is 0.311 e. The number of piperidine rings is 1. The van der Waals surface area contributed by atoms with Gasteiger partial charge in [0, 0.05) is 19.1 Å². The van der Waals surface area contributed by atoms with Crippen molar-refractivity contribution in [1.29, 1.82) is 0 Å². The number of urea groups is 1. The number of nitrogens with one attached hydrogen (secondary N) is 2. The molecule has 2 bridgehead atoms. The Morgan fingerprint density at radius 3 is 2.66 bits per heavy atom. The van der Waals surface area contributed by atoms with E-state index in [2.05, 4.69) is 20.0 Å². The number of carbonyl (C=O) groups is 2. The SMILES string of the molecule is O=C(NOC[C@@H]1C[C@@H](CN2CCCCCC2)CN1)C1CCC2CN1C(=O)N2OS(=O)(=O)O. The van der Waals surface area contributed by atoms with E-state index < -0.39 is 34.4 Å². The number of hydrogen-bond donors (Lipinski definition) is 3. The van der Waals surface area contributed by atoms with Crippen molar-refractivity contribution in [3.63, 3.8) is 0 Å². The number of hydrogen-bond acceptors (Lipinski definition) is 8. The Morgan fingerprint density at radius 1 is 1.19 bits per heavy atom. The Bertz CT molecular complexity index is 789. The maximum atomic E-state index is 12.6. The Labute approximate surface area is 188 Å². The molecule has 4 saturated heterocycles. The van der Waals surface area contributed by atoms with E-state index in [-0.39, 0.29) is 12.6 Å². The average Bonchev–Trinajstić information content (AvgIpc) is 3.14. The van der Waals surface area contributed by atoms with Gasteiger partial charge in [-0.2, -0.15) is 13.5 Å². The highest BCUT2D eigenvalue weighted by Gasteiger charge is 2.49. The fourth-order valence-corrected chi connectivity index (χ4v) is 5.63. The molecule has 0 aromatic carbocycles. The molecule has 2 unspecified atom stereocenters. The first-order valence-corrected chi connectivity index (χ1v) is 12.8. The summed E-state index contributed by atoms with van der Waals surface area (Å²) in [6.07, 6.45) is 6.91. The fraction of sp³-hybridized carbons (Fsp3) is 0.895. The number of carbonyl (C=O) groups excluding carboxylic acids is 2. The van der Waals surface area contributed by atoms with E-state index in [0.717, 1.165) is 19.5 Å². The zero-order valence-electron chi connectivity index (χ0n) is 18.1. The molecule has 3 amide bonds. The monoisotopic (exact) mass is 475 g/mol. The Balaban J connectivity index is 1.18. The molecule has 4 atom stereocenters. The quantitative estimate of drug-likeness (QED) is 0.324. The predicted molar refractivity (Wildman–Crippen MR) is 112 cm³/mol. The Morgan fingerprint density at radius 2 is 1.94 bits per heavy atom. The van der Waals surface area contributed by atoms with E-state index in [1.54, 1.807) is 0 Å². The molecular weight excluding hydrogens is 442 g/mol. The summed E-state index contributed by atoms with van der Waals surface area (Å²) >= 11 is 0. The number of fused-ring (bicyclic) bond motifs is 2. The molecule has 0 aliphatic carbocycles. The summed E-state index contributed by atoms with van der Waals surface area (Å²) in [4.78, 5) is 34.2. The number of likely N-dealkylation sites (tertiary alicyclic amines) is 1. The van der Waals surface area contributed by atoms with Crippen LogP contribution in [0.15, 0.2) is 0 Å². The van der Waals surface area contributed by atoms with Crippen molar-refractivity contribution in [1.82, 2.24) is 25.7 Å². The zero-order chi connectivity index (χ0) is 22.7. The predicted octanol–water partition coefficient (Wildman–Crippen LogP) is -0.109. The van der Waals surface area contributed by atoms with Gasteiger partial charge in [-0.05, 0) is 57.7 Å². The molecule has 32 heavy (non-hydrogen) atoms. The third-order valence-electron chi connectivity index (χ3n) is 6.79. The van der Waals surface area contributed by atoms with Crippen LogP contribution in [0, 0.1) is 5.92 Å². The lowest BCUT2D eigenvalue weighted by atomic mass is 10.0. The Hall–Kier alpha value is -1.51. The second-order valence-corrected chi connectivity index (χ2v) is 10.2. The van der Waals surface area contributed by atoms with E-state index in [1.165, 1.54) is 43.7 Å². The summed E-state index contributed by atoms with van der Waals surface area (Å²) in [5.41, 5.74) is 2.44. The largest absolute Gasteiger partial charge is 0.418 e. The van der Waals surface area contributed by atoms with Crippen LogP contribution in [0.1, 0.15) is 44.9 Å². The van der Waals surface area contributed by atoms with E-state index in [0.29, 0.717) is 30.4 Å². The van der Waals surface area contributed by atoms with Gasteiger partial charge in [0.2, 0.25) is 0 Å². The maximum absolute atomic E-state index is 12.6. The standard InChI is InChI=1S/C19H33N5O7S/c25-18(17-6-5-16-12-23(17)19(26)24(16)31-32(27,28)29)21-30-13-15-9-14(10-20-15)11-22-7-3-1-2-4-8-22/h14-17,20H,1-13H2,(H,21,25)(H,27,28,29)/t14-,15+,16?,17?/m1/s1. The van der Waals surface area contributed by atoms with Gasteiger partial charge in [-0.3, -0.25) is 14.2 Å². The first kappa shape index (κ1) is 23.6. The zero-order valence-corrected chi connectivity index (χ0v) is 19.0. The number of nitrogens with zero attached hydrogens (tertiary/aromatic N) is 3. The van der Waals surface area contributed by atoms with E-state index in [1.807, 2.05) is 0 Å². The third-order valence-corrected chi connectivity index (χ3v) is 7.13. The second-order valence-electron chi connectivity index (χ2n) is 9.21. The topological polar surface area (TPSA) is 141 Å². The lowest BCUT2D eigenvalue weighted by Gasteiger charge is -2.29. The maximum Gasteiger partial charge on any atom is 0.418 e. The first-order chi connectivity index (χ1) is 15.3. The number of amides is 3. The number of hydroxylamine groups is 3. The van der Waals surface area contributed by atoms with Gasteiger partial charge in [-0.1, -0.05) is 12.8 Å². The molecule has 0 aromatic heterocycles. The van der Waals surface area contributed by atoms with E-state index in [4.69, 9.17) is 9.39 Å². The van der Waals surface area contributed by atoms with E-state index >= 15 is 0 Å². The fourth-order valence-electron chi connectivity index (χ4n) is 5.24. The van der Waals surface area contributed by atoms with Crippen LogP contribution in [0.4, 0.5) is 4.79 Å². The summed E-state index contributed by atoms with van der Waals surface area (Å²) < 4.78 is 35.2. The Kier molecular flexibility index (Phi) is 7.52. The lowest BCUT2D eigenvalue weighted by Crippen LogP contribution is -2.50. The molecule has 4 aliphatic heterocycles. The summed E-state index contributed by atoms with van der Waals surface area (Å²) in [6, 6.07) is -1.91. The molecule has 0 radical (unpaired) electrons. The number of rotatable bonds is 8. The van der Waals surface area contributed by atoms with Gasteiger partial charge in [0.05, 0.1) is 12.6 Å². The summed E-state index contributed by atoms with van der Waals surface area (Å²) in [5, 5.41) is 4.08. The van der Waals surface area contributed by atoms with Crippen molar-refractivity contribution < 1.29 is 31.7 Å². The molecule has 0 aromatic rings. The minimum Gasteiger partial charge on any atom is -0.311 e. The molecule has 3 N–H and O–H groups in total. The summed E-state index contributed by atoms with van der Waals surface area (Å²) in [7, 11) is -4.81. The summed E-state index contributed by atoms with van der Waals surface area (Å²) in [5.74, 6) is 0.119. The molecule has 13 heteroatoms. The molecule has 4 aliphatic rings. The van der Waals surface area contributed by atoms with Gasteiger partial charge in [-0.25, -0.2) is 10.3 Å². The minimum atomic E-state index is -4.81. The highest BCUT2D eigenvalue weighted by Crippen LogP contribution is 2.30. The molecule has 4 fully saturated rings. The van der Waals surface area contributed by atoms with Gasteiger partial charge in [-0.15, -0.1) is 4.28 Å². The third kappa shape index (κ3) is 5.88. The van der Waals surface area contributed by atoms with E-state index in [9.17, 15) is 18.0 Å². The van der Waals surface area contributed by atoms with Gasteiger partial charge in [0.1, 0.15) is 6.04 Å². The molecular formula is C19H33N5O7S. The molecule has 12 nitrogen and oxygen atoms in total. The van der Waals surface area contributed by atoms with Crippen molar-refractivity contribution in [2.45, 2.75) is 63.1 Å². The van der Waals surface area contributed by atoms with Gasteiger partial charge in [0.25, 0.3) is 5.91 Å². The van der Waals surface area contributed by atoms with Crippen LogP contribution < -0.4 is 10.8 Å². The van der Waals surface area contributed by atoms with Crippen LogP contribution in [0.2, 0.25) is 0 Å². The van der Waals surface area contributed by atoms with Gasteiger partial charge >= 0.3 is 16.4 Å². The van der Waals surface area contributed by atoms with Gasteiger partial charge < -0.3 is 15.1 Å². The van der Waals surface area contributed by atoms with Crippen molar-refractivity contribution in [3.8, 4) is 0 Å². The highest BCUT2D eigenvalue weighted by molar-refractivity contribution is 7.80. The lowest BCUT2D eigenvalue weighted by molar-refractivity contribution is -0.139. The average molecular weight is 476 g/mol. The van der Waals surface area contributed by atoms with Crippen molar-refractivity contribution in [3.05, 3.63) is 0 Å².